The SMILES string of the molecule is CCc1cccc(C)c1NC(=O)c1c(O)cccc1OC. The fourth-order valence-electron chi connectivity index (χ4n) is 2.30. The summed E-state index contributed by atoms with van der Waals surface area (Å²) in [5.74, 6) is -0.133. The highest BCUT2D eigenvalue weighted by Gasteiger charge is 2.18. The Morgan fingerprint density at radius 1 is 1.24 bits per heavy atom. The quantitative estimate of drug-likeness (QED) is 0.903. The van der Waals surface area contributed by atoms with E-state index in [1.54, 1.807) is 12.1 Å². The standard InChI is InChI=1S/C17H19NO3/c1-4-12-8-5-7-11(2)16(12)18-17(20)15-13(19)9-6-10-14(15)21-3/h5-10,19H,4H2,1-3H3,(H,18,20). The Kier molecular flexibility index (Phi) is 4.48. The lowest BCUT2D eigenvalue weighted by Crippen LogP contribution is -2.15. The summed E-state index contributed by atoms with van der Waals surface area (Å²) in [6.07, 6.45) is 0.815. The van der Waals surface area contributed by atoms with Crippen LogP contribution in [0.5, 0.6) is 11.5 Å². The van der Waals surface area contributed by atoms with Crippen LogP contribution in [0.2, 0.25) is 0 Å². The van der Waals surface area contributed by atoms with Gasteiger partial charge in [-0.05, 0) is 36.6 Å². The van der Waals surface area contributed by atoms with Gasteiger partial charge in [-0.15, -0.1) is 0 Å². The van der Waals surface area contributed by atoms with Crippen molar-refractivity contribution in [1.29, 1.82) is 0 Å². The summed E-state index contributed by atoms with van der Waals surface area (Å²) in [7, 11) is 1.47. The Bertz CT molecular complexity index is 665. The number of phenols is 1. The smallest absolute Gasteiger partial charge is 0.263 e. The number of carbonyl (C=O) groups is 1. The lowest BCUT2D eigenvalue weighted by Gasteiger charge is -2.15. The predicted octanol–water partition coefficient (Wildman–Crippen LogP) is 3.52. The average Bonchev–Trinajstić information content (AvgIpc) is 2.48. The Balaban J connectivity index is 2.40. The number of methoxy groups -OCH3 is 1. The Hall–Kier alpha value is -2.49. The van der Waals surface area contributed by atoms with Crippen molar-refractivity contribution >= 4 is 11.6 Å². The number of hydrogen-bond donors (Lipinski definition) is 2. The molecule has 0 unspecified atom stereocenters. The molecule has 0 atom stereocenters. The molecule has 4 nitrogen and oxygen atoms in total. The van der Waals surface area contributed by atoms with Crippen LogP contribution in [0.3, 0.4) is 0 Å². The monoisotopic (exact) mass is 285 g/mol. The number of aromatic hydroxyl groups is 1. The fourth-order valence-corrected chi connectivity index (χ4v) is 2.30. The number of benzene rings is 2. The zero-order chi connectivity index (χ0) is 15.4. The molecule has 0 saturated carbocycles. The summed E-state index contributed by atoms with van der Waals surface area (Å²) in [5, 5.41) is 12.8. The first kappa shape index (κ1) is 14.9. The Morgan fingerprint density at radius 2 is 1.95 bits per heavy atom. The van der Waals surface area contributed by atoms with Crippen molar-refractivity contribution in [3.05, 3.63) is 53.1 Å². The van der Waals surface area contributed by atoms with Crippen molar-refractivity contribution < 1.29 is 14.6 Å². The number of phenolic OH excluding ortho intramolecular Hbond substituents is 1. The molecule has 0 aromatic heterocycles. The third-order valence-electron chi connectivity index (χ3n) is 3.43. The highest BCUT2D eigenvalue weighted by Crippen LogP contribution is 2.29. The first-order valence-corrected chi connectivity index (χ1v) is 6.84. The number of hydrogen-bond acceptors (Lipinski definition) is 3. The van der Waals surface area contributed by atoms with Crippen LogP contribution < -0.4 is 10.1 Å². The maximum absolute atomic E-state index is 12.5. The molecule has 0 saturated heterocycles. The van der Waals surface area contributed by atoms with E-state index in [0.717, 1.165) is 23.2 Å². The molecule has 21 heavy (non-hydrogen) atoms. The van der Waals surface area contributed by atoms with Crippen LogP contribution >= 0.6 is 0 Å². The van der Waals surface area contributed by atoms with Crippen molar-refractivity contribution in [2.75, 3.05) is 12.4 Å². The number of para-hydroxylation sites is 1. The molecular weight excluding hydrogens is 266 g/mol. The van der Waals surface area contributed by atoms with E-state index >= 15 is 0 Å². The maximum atomic E-state index is 12.5. The molecule has 110 valence electrons. The molecule has 0 heterocycles. The minimum Gasteiger partial charge on any atom is -0.507 e. The summed E-state index contributed by atoms with van der Waals surface area (Å²) in [6, 6.07) is 10.6. The van der Waals surface area contributed by atoms with E-state index in [1.165, 1.54) is 13.2 Å². The van der Waals surface area contributed by atoms with E-state index in [2.05, 4.69) is 5.32 Å². The zero-order valence-electron chi connectivity index (χ0n) is 12.4. The molecule has 4 heteroatoms. The lowest BCUT2D eigenvalue weighted by atomic mass is 10.0. The van der Waals surface area contributed by atoms with E-state index in [9.17, 15) is 9.90 Å². The number of rotatable bonds is 4. The van der Waals surface area contributed by atoms with E-state index in [1.807, 2.05) is 32.0 Å². The molecule has 0 aliphatic heterocycles. The second-order valence-corrected chi connectivity index (χ2v) is 4.77. The Morgan fingerprint density at radius 3 is 2.62 bits per heavy atom. The topological polar surface area (TPSA) is 58.6 Å². The Labute approximate surface area is 124 Å². The van der Waals surface area contributed by atoms with Crippen molar-refractivity contribution in [3.8, 4) is 11.5 Å². The van der Waals surface area contributed by atoms with Gasteiger partial charge in [0.25, 0.3) is 5.91 Å². The van der Waals surface area contributed by atoms with Gasteiger partial charge in [0.15, 0.2) is 0 Å². The summed E-state index contributed by atoms with van der Waals surface area (Å²) in [6.45, 7) is 3.97. The van der Waals surface area contributed by atoms with Crippen molar-refractivity contribution in [3.63, 3.8) is 0 Å². The first-order chi connectivity index (χ1) is 10.1. The molecule has 0 aliphatic carbocycles. The van der Waals surface area contributed by atoms with Crippen LogP contribution in [-0.4, -0.2) is 18.1 Å². The van der Waals surface area contributed by atoms with Gasteiger partial charge < -0.3 is 15.2 Å². The van der Waals surface area contributed by atoms with Gasteiger partial charge in [-0.2, -0.15) is 0 Å². The van der Waals surface area contributed by atoms with E-state index in [-0.39, 0.29) is 17.2 Å². The molecule has 2 rings (SSSR count). The number of amides is 1. The predicted molar refractivity (Wildman–Crippen MR) is 83.2 cm³/mol. The van der Waals surface area contributed by atoms with Crippen LogP contribution in [0.4, 0.5) is 5.69 Å². The third-order valence-corrected chi connectivity index (χ3v) is 3.43. The molecule has 0 spiro atoms. The minimum atomic E-state index is -0.381. The largest absolute Gasteiger partial charge is 0.507 e. The summed E-state index contributed by atoms with van der Waals surface area (Å²) in [4.78, 5) is 12.5. The summed E-state index contributed by atoms with van der Waals surface area (Å²) in [5.41, 5.74) is 2.97. The highest BCUT2D eigenvalue weighted by molar-refractivity contribution is 6.08. The lowest BCUT2D eigenvalue weighted by molar-refractivity contribution is 0.102. The van der Waals surface area contributed by atoms with Gasteiger partial charge >= 0.3 is 0 Å². The van der Waals surface area contributed by atoms with Gasteiger partial charge in [0.2, 0.25) is 0 Å². The summed E-state index contributed by atoms with van der Waals surface area (Å²) < 4.78 is 5.15. The highest BCUT2D eigenvalue weighted by atomic mass is 16.5. The van der Waals surface area contributed by atoms with Crippen LogP contribution in [0.25, 0.3) is 0 Å². The fraction of sp³-hybridized carbons (Fsp3) is 0.235. The van der Waals surface area contributed by atoms with E-state index < -0.39 is 0 Å². The molecule has 0 fully saturated rings. The van der Waals surface area contributed by atoms with Gasteiger partial charge in [-0.3, -0.25) is 4.79 Å². The van der Waals surface area contributed by atoms with Crippen LogP contribution in [0, 0.1) is 6.92 Å². The number of aryl methyl sites for hydroxylation is 2. The van der Waals surface area contributed by atoms with Gasteiger partial charge in [0.1, 0.15) is 17.1 Å². The normalized spacial score (nSPS) is 10.2. The van der Waals surface area contributed by atoms with E-state index in [0.29, 0.717) is 5.75 Å². The van der Waals surface area contributed by atoms with Crippen molar-refractivity contribution in [2.24, 2.45) is 0 Å². The average molecular weight is 285 g/mol. The molecule has 2 N–H and O–H groups in total. The molecule has 0 radical (unpaired) electrons. The molecule has 2 aromatic carbocycles. The van der Waals surface area contributed by atoms with Crippen LogP contribution in [0.1, 0.15) is 28.4 Å². The zero-order valence-corrected chi connectivity index (χ0v) is 12.4. The van der Waals surface area contributed by atoms with Gasteiger partial charge in [-0.25, -0.2) is 0 Å². The molecule has 0 bridgehead atoms. The maximum Gasteiger partial charge on any atom is 0.263 e. The second kappa shape index (κ2) is 6.31. The van der Waals surface area contributed by atoms with Crippen molar-refractivity contribution in [2.45, 2.75) is 20.3 Å². The molecule has 2 aromatic rings. The number of carbonyl (C=O) groups excluding carboxylic acids is 1. The van der Waals surface area contributed by atoms with Crippen LogP contribution in [-0.2, 0) is 6.42 Å². The van der Waals surface area contributed by atoms with Crippen molar-refractivity contribution in [1.82, 2.24) is 0 Å². The third kappa shape index (κ3) is 2.99. The molecule has 1 amide bonds. The first-order valence-electron chi connectivity index (χ1n) is 6.84. The van der Waals surface area contributed by atoms with Gasteiger partial charge in [0, 0.05) is 5.69 Å². The van der Waals surface area contributed by atoms with E-state index in [4.69, 9.17) is 4.74 Å². The summed E-state index contributed by atoms with van der Waals surface area (Å²) >= 11 is 0. The molecule has 0 aliphatic rings. The second-order valence-electron chi connectivity index (χ2n) is 4.77. The minimum absolute atomic E-state index is 0.0986. The van der Waals surface area contributed by atoms with Crippen LogP contribution in [0.15, 0.2) is 36.4 Å². The van der Waals surface area contributed by atoms with Gasteiger partial charge in [-0.1, -0.05) is 31.2 Å². The van der Waals surface area contributed by atoms with Gasteiger partial charge in [0.05, 0.1) is 7.11 Å². The number of nitrogens with one attached hydrogen (secondary N) is 1. The number of ether oxygens (including phenoxy) is 1. The number of anilines is 1. The molecular formula is C17H19NO3.